The number of morpholine rings is 1. The van der Waals surface area contributed by atoms with Crippen molar-refractivity contribution in [3.8, 4) is 0 Å². The Morgan fingerprint density at radius 1 is 1.04 bits per heavy atom. The third-order valence-corrected chi connectivity index (χ3v) is 5.52. The van der Waals surface area contributed by atoms with Gasteiger partial charge in [-0.05, 0) is 24.5 Å². The molecule has 26 heavy (non-hydrogen) atoms. The van der Waals surface area contributed by atoms with Gasteiger partial charge in [0.05, 0.1) is 13.2 Å². The summed E-state index contributed by atoms with van der Waals surface area (Å²) >= 11 is 0. The van der Waals surface area contributed by atoms with Crippen molar-refractivity contribution in [3.63, 3.8) is 0 Å². The van der Waals surface area contributed by atoms with E-state index in [1.165, 1.54) is 29.7 Å². The van der Waals surface area contributed by atoms with E-state index in [9.17, 15) is 0 Å². The molecule has 136 valence electrons. The minimum atomic E-state index is 0.634. The third-order valence-electron chi connectivity index (χ3n) is 5.52. The second-order valence-electron chi connectivity index (χ2n) is 7.56. The van der Waals surface area contributed by atoms with Gasteiger partial charge in [0.2, 0.25) is 0 Å². The molecule has 0 N–H and O–H groups in total. The summed E-state index contributed by atoms with van der Waals surface area (Å²) in [4.78, 5) is 18.8. The monoisotopic (exact) mass is 351 g/mol. The first kappa shape index (κ1) is 16.1. The molecule has 2 aromatic heterocycles. The van der Waals surface area contributed by atoms with E-state index in [0.29, 0.717) is 5.92 Å². The number of aromatic nitrogens is 3. The highest BCUT2D eigenvalue weighted by molar-refractivity contribution is 5.39. The van der Waals surface area contributed by atoms with E-state index in [1.807, 2.05) is 6.20 Å². The predicted molar refractivity (Wildman–Crippen MR) is 99.1 cm³/mol. The molecule has 2 aromatic rings. The molecular weight excluding hydrogens is 326 g/mol. The lowest BCUT2D eigenvalue weighted by Crippen LogP contribution is -2.36. The molecule has 3 aliphatic rings. The van der Waals surface area contributed by atoms with Gasteiger partial charge >= 0.3 is 0 Å². The number of rotatable bonds is 4. The Morgan fingerprint density at radius 3 is 2.69 bits per heavy atom. The lowest BCUT2D eigenvalue weighted by atomic mass is 10.1. The summed E-state index contributed by atoms with van der Waals surface area (Å²) in [5.41, 5.74) is 3.82. The quantitative estimate of drug-likeness (QED) is 0.841. The van der Waals surface area contributed by atoms with Gasteiger partial charge in [0.15, 0.2) is 0 Å². The Bertz CT molecular complexity index is 768. The van der Waals surface area contributed by atoms with Crippen LogP contribution in [0.1, 0.15) is 41.4 Å². The first-order chi connectivity index (χ1) is 12.8. The van der Waals surface area contributed by atoms with Crippen LogP contribution in [0.5, 0.6) is 0 Å². The van der Waals surface area contributed by atoms with E-state index in [-0.39, 0.29) is 0 Å². The van der Waals surface area contributed by atoms with Gasteiger partial charge in [-0.2, -0.15) is 0 Å². The Kier molecular flexibility index (Phi) is 4.30. The highest BCUT2D eigenvalue weighted by Crippen LogP contribution is 2.38. The SMILES string of the molecule is c1cc(N2CCOCC2)ncc1CN1CCc2nc(C3CC3)ncc2C1. The maximum atomic E-state index is 5.41. The fraction of sp³-hybridized carbons (Fsp3) is 0.550. The fourth-order valence-electron chi connectivity index (χ4n) is 3.81. The fourth-order valence-corrected chi connectivity index (χ4v) is 3.81. The van der Waals surface area contributed by atoms with E-state index >= 15 is 0 Å². The molecule has 0 atom stereocenters. The molecule has 0 bridgehead atoms. The van der Waals surface area contributed by atoms with Crippen LogP contribution in [0.15, 0.2) is 24.5 Å². The lowest BCUT2D eigenvalue weighted by molar-refractivity contribution is 0.122. The summed E-state index contributed by atoms with van der Waals surface area (Å²) in [6.07, 6.45) is 7.63. The molecule has 0 unspecified atom stereocenters. The zero-order valence-electron chi connectivity index (χ0n) is 15.1. The van der Waals surface area contributed by atoms with Crippen molar-refractivity contribution in [2.45, 2.75) is 38.3 Å². The van der Waals surface area contributed by atoms with Crippen molar-refractivity contribution >= 4 is 5.82 Å². The lowest BCUT2D eigenvalue weighted by Gasteiger charge is -2.29. The van der Waals surface area contributed by atoms with Crippen LogP contribution in [0.4, 0.5) is 5.82 Å². The predicted octanol–water partition coefficient (Wildman–Crippen LogP) is 2.14. The molecule has 2 aliphatic heterocycles. The zero-order valence-corrected chi connectivity index (χ0v) is 15.1. The Morgan fingerprint density at radius 2 is 1.92 bits per heavy atom. The molecule has 1 aliphatic carbocycles. The van der Waals surface area contributed by atoms with Gasteiger partial charge in [-0.25, -0.2) is 15.0 Å². The topological polar surface area (TPSA) is 54.4 Å². The molecule has 1 saturated heterocycles. The highest BCUT2D eigenvalue weighted by Gasteiger charge is 2.28. The Balaban J connectivity index is 1.22. The number of pyridine rings is 1. The normalized spacial score (nSPS) is 20.8. The highest BCUT2D eigenvalue weighted by atomic mass is 16.5. The van der Waals surface area contributed by atoms with Gasteiger partial charge in [0.25, 0.3) is 0 Å². The maximum absolute atomic E-state index is 5.41. The van der Waals surface area contributed by atoms with Crippen LogP contribution in [0.3, 0.4) is 0 Å². The minimum Gasteiger partial charge on any atom is -0.378 e. The summed E-state index contributed by atoms with van der Waals surface area (Å²) in [5.74, 6) is 2.76. The third kappa shape index (κ3) is 3.44. The molecule has 0 aromatic carbocycles. The maximum Gasteiger partial charge on any atom is 0.131 e. The van der Waals surface area contributed by atoms with E-state index in [0.717, 1.165) is 64.0 Å². The smallest absolute Gasteiger partial charge is 0.131 e. The summed E-state index contributed by atoms with van der Waals surface area (Å²) in [7, 11) is 0. The van der Waals surface area contributed by atoms with Crippen molar-refractivity contribution < 1.29 is 4.74 Å². The second-order valence-corrected chi connectivity index (χ2v) is 7.56. The molecule has 0 amide bonds. The zero-order chi connectivity index (χ0) is 17.3. The van der Waals surface area contributed by atoms with Crippen LogP contribution in [0.2, 0.25) is 0 Å². The van der Waals surface area contributed by atoms with Crippen molar-refractivity contribution in [3.05, 3.63) is 47.2 Å². The summed E-state index contributed by atoms with van der Waals surface area (Å²) < 4.78 is 5.41. The van der Waals surface area contributed by atoms with Crippen molar-refractivity contribution in [1.29, 1.82) is 0 Å². The first-order valence-electron chi connectivity index (χ1n) is 9.70. The van der Waals surface area contributed by atoms with E-state index in [1.54, 1.807) is 0 Å². The average molecular weight is 351 g/mol. The van der Waals surface area contributed by atoms with Gasteiger partial charge < -0.3 is 9.64 Å². The summed E-state index contributed by atoms with van der Waals surface area (Å²) in [6, 6.07) is 4.35. The largest absolute Gasteiger partial charge is 0.378 e. The van der Waals surface area contributed by atoms with Crippen molar-refractivity contribution in [1.82, 2.24) is 19.9 Å². The van der Waals surface area contributed by atoms with Gasteiger partial charge in [-0.15, -0.1) is 0 Å². The van der Waals surface area contributed by atoms with Gasteiger partial charge in [-0.3, -0.25) is 4.90 Å². The number of fused-ring (bicyclic) bond motifs is 1. The molecule has 5 rings (SSSR count). The Labute approximate surface area is 154 Å². The molecule has 6 heteroatoms. The summed E-state index contributed by atoms with van der Waals surface area (Å²) in [5, 5.41) is 0. The molecule has 1 saturated carbocycles. The number of hydrogen-bond acceptors (Lipinski definition) is 6. The van der Waals surface area contributed by atoms with Crippen LogP contribution >= 0.6 is 0 Å². The second kappa shape index (κ2) is 6.93. The van der Waals surface area contributed by atoms with Crippen LogP contribution < -0.4 is 4.90 Å². The van der Waals surface area contributed by atoms with Crippen LogP contribution in [-0.2, 0) is 24.2 Å². The van der Waals surface area contributed by atoms with E-state index < -0.39 is 0 Å². The number of nitrogens with zero attached hydrogens (tertiary/aromatic N) is 5. The molecule has 0 radical (unpaired) electrons. The summed E-state index contributed by atoms with van der Waals surface area (Å²) in [6.45, 7) is 6.36. The molecule has 2 fully saturated rings. The molecule has 6 nitrogen and oxygen atoms in total. The minimum absolute atomic E-state index is 0.634. The first-order valence-corrected chi connectivity index (χ1v) is 9.70. The van der Waals surface area contributed by atoms with Crippen molar-refractivity contribution in [2.75, 3.05) is 37.7 Å². The number of ether oxygens (including phenoxy) is 1. The molecular formula is C20H25N5O. The standard InChI is InChI=1S/C20H25N5O/c1-4-19(25-7-9-26-10-8-25)21-11-15(1)13-24-6-5-18-17(14-24)12-22-20(23-18)16-2-3-16/h1,4,11-12,16H,2-3,5-10,13-14H2. The van der Waals surface area contributed by atoms with Crippen LogP contribution in [0.25, 0.3) is 0 Å². The molecule has 0 spiro atoms. The number of hydrogen-bond donors (Lipinski definition) is 0. The van der Waals surface area contributed by atoms with Gasteiger partial charge in [-0.1, -0.05) is 6.07 Å². The average Bonchev–Trinajstić information content (AvgIpc) is 3.54. The van der Waals surface area contributed by atoms with E-state index in [4.69, 9.17) is 9.72 Å². The van der Waals surface area contributed by atoms with E-state index in [2.05, 4.69) is 38.1 Å². The Hall–Kier alpha value is -2.05. The van der Waals surface area contributed by atoms with Gasteiger partial charge in [0, 0.05) is 68.7 Å². The molecule has 4 heterocycles. The van der Waals surface area contributed by atoms with Crippen molar-refractivity contribution in [2.24, 2.45) is 0 Å². The van der Waals surface area contributed by atoms with Gasteiger partial charge in [0.1, 0.15) is 11.6 Å². The number of anilines is 1. The van der Waals surface area contributed by atoms with Crippen LogP contribution in [0, 0.1) is 0 Å². The van der Waals surface area contributed by atoms with Crippen LogP contribution in [-0.4, -0.2) is 52.7 Å².